The Kier molecular flexibility index (Phi) is 5.24. The molecule has 2 amide bonds. The highest BCUT2D eigenvalue weighted by Crippen LogP contribution is 2.39. The molecule has 2 aromatic carbocycles. The molecule has 0 saturated carbocycles. The molecule has 0 fully saturated rings. The standard InChI is InChI=1S/C23H16ClFN4O2S/c1-13-19(22-27-21(28-31-22)18-6-3-11-32-18)20(14-4-2-5-16(25)12-14)26-23(30)29(13)17-9-7-15(24)8-10-17/h2-12,20H,1H3,(H,26,30). The van der Waals surface area contributed by atoms with Gasteiger partial charge < -0.3 is 9.84 Å². The van der Waals surface area contributed by atoms with Crippen molar-refractivity contribution in [2.24, 2.45) is 0 Å². The van der Waals surface area contributed by atoms with E-state index in [1.54, 1.807) is 43.3 Å². The number of nitrogens with zero attached hydrogens (tertiary/aromatic N) is 3. The summed E-state index contributed by atoms with van der Waals surface area (Å²) < 4.78 is 19.6. The van der Waals surface area contributed by atoms with Crippen LogP contribution in [0.3, 0.4) is 0 Å². The van der Waals surface area contributed by atoms with Crippen LogP contribution in [0.25, 0.3) is 16.3 Å². The second kappa shape index (κ2) is 8.22. The highest BCUT2D eigenvalue weighted by Gasteiger charge is 2.36. The maximum absolute atomic E-state index is 14.0. The second-order valence-corrected chi connectivity index (χ2v) is 8.53. The third-order valence-electron chi connectivity index (χ3n) is 5.15. The Balaban J connectivity index is 1.67. The van der Waals surface area contributed by atoms with Crippen molar-refractivity contribution in [3.8, 4) is 10.7 Å². The van der Waals surface area contributed by atoms with Gasteiger partial charge in [-0.05, 0) is 60.3 Å². The number of amides is 2. The van der Waals surface area contributed by atoms with Gasteiger partial charge in [0.25, 0.3) is 5.89 Å². The number of rotatable bonds is 4. The van der Waals surface area contributed by atoms with Crippen LogP contribution in [-0.4, -0.2) is 16.2 Å². The minimum Gasteiger partial charge on any atom is -0.334 e. The van der Waals surface area contributed by atoms with Gasteiger partial charge in [0.05, 0.1) is 22.2 Å². The molecule has 1 N–H and O–H groups in total. The lowest BCUT2D eigenvalue weighted by molar-refractivity contribution is 0.244. The van der Waals surface area contributed by atoms with Crippen LogP contribution < -0.4 is 10.2 Å². The molecule has 3 heterocycles. The molecule has 6 nitrogen and oxygen atoms in total. The number of nitrogens with one attached hydrogen (secondary N) is 1. The third-order valence-corrected chi connectivity index (χ3v) is 6.27. The molecule has 1 unspecified atom stereocenters. The first-order chi connectivity index (χ1) is 15.5. The van der Waals surface area contributed by atoms with E-state index in [1.165, 1.54) is 28.4 Å². The van der Waals surface area contributed by atoms with Crippen LogP contribution in [0, 0.1) is 5.82 Å². The maximum Gasteiger partial charge on any atom is 0.326 e. The summed E-state index contributed by atoms with van der Waals surface area (Å²) in [5.74, 6) is 0.293. The van der Waals surface area contributed by atoms with Crippen LogP contribution in [0.5, 0.6) is 0 Å². The van der Waals surface area contributed by atoms with E-state index in [0.29, 0.717) is 33.4 Å². The van der Waals surface area contributed by atoms with Gasteiger partial charge >= 0.3 is 6.03 Å². The van der Waals surface area contributed by atoms with Crippen LogP contribution >= 0.6 is 22.9 Å². The molecule has 0 saturated heterocycles. The van der Waals surface area contributed by atoms with E-state index in [0.717, 1.165) is 4.88 Å². The zero-order valence-electron chi connectivity index (χ0n) is 16.8. The molecule has 0 bridgehead atoms. The highest BCUT2D eigenvalue weighted by atomic mass is 35.5. The molecule has 2 aromatic heterocycles. The number of halogens is 2. The third kappa shape index (κ3) is 3.68. The van der Waals surface area contributed by atoms with Gasteiger partial charge in [-0.15, -0.1) is 11.3 Å². The predicted octanol–water partition coefficient (Wildman–Crippen LogP) is 6.29. The van der Waals surface area contributed by atoms with E-state index in [4.69, 9.17) is 16.1 Å². The van der Waals surface area contributed by atoms with E-state index in [1.807, 2.05) is 17.5 Å². The normalized spacial score (nSPS) is 16.4. The van der Waals surface area contributed by atoms with Crippen molar-refractivity contribution in [3.63, 3.8) is 0 Å². The summed E-state index contributed by atoms with van der Waals surface area (Å²) in [4.78, 5) is 20.1. The molecule has 1 aliphatic heterocycles. The Hall–Kier alpha value is -3.49. The summed E-state index contributed by atoms with van der Waals surface area (Å²) in [6, 6.07) is 15.8. The van der Waals surface area contributed by atoms with Gasteiger partial charge in [-0.3, -0.25) is 4.90 Å². The van der Waals surface area contributed by atoms with E-state index < -0.39 is 11.9 Å². The van der Waals surface area contributed by atoms with Crippen molar-refractivity contribution >= 4 is 40.2 Å². The number of allylic oxidation sites excluding steroid dienone is 1. The lowest BCUT2D eigenvalue weighted by Gasteiger charge is -2.35. The average Bonchev–Trinajstić information content (AvgIpc) is 3.47. The fourth-order valence-corrected chi connectivity index (χ4v) is 4.47. The van der Waals surface area contributed by atoms with Crippen LogP contribution in [0.1, 0.15) is 24.4 Å². The topological polar surface area (TPSA) is 71.3 Å². The van der Waals surface area contributed by atoms with Crippen molar-refractivity contribution in [2.75, 3.05) is 4.90 Å². The summed E-state index contributed by atoms with van der Waals surface area (Å²) in [7, 11) is 0. The van der Waals surface area contributed by atoms with Crippen molar-refractivity contribution in [2.45, 2.75) is 13.0 Å². The Morgan fingerprint density at radius 1 is 1.16 bits per heavy atom. The molecule has 0 aliphatic carbocycles. The molecule has 1 aliphatic rings. The molecule has 5 rings (SSSR count). The first-order valence-electron chi connectivity index (χ1n) is 9.71. The Morgan fingerprint density at radius 2 is 1.97 bits per heavy atom. The number of urea groups is 1. The number of carbonyl (C=O) groups excluding carboxylic acids is 1. The zero-order valence-corrected chi connectivity index (χ0v) is 18.3. The Bertz CT molecular complexity index is 1320. The number of carbonyl (C=O) groups is 1. The fraction of sp³-hybridized carbons (Fsp3) is 0.0870. The minimum atomic E-state index is -0.668. The molecular weight excluding hydrogens is 451 g/mol. The summed E-state index contributed by atoms with van der Waals surface area (Å²) in [6.45, 7) is 1.80. The molecule has 4 aromatic rings. The molecule has 32 heavy (non-hydrogen) atoms. The van der Waals surface area contributed by atoms with Gasteiger partial charge in [-0.25, -0.2) is 9.18 Å². The van der Waals surface area contributed by atoms with Crippen molar-refractivity contribution in [3.05, 3.63) is 94.0 Å². The summed E-state index contributed by atoms with van der Waals surface area (Å²) in [5.41, 5.74) is 2.36. The first-order valence-corrected chi connectivity index (χ1v) is 11.0. The monoisotopic (exact) mass is 466 g/mol. The average molecular weight is 467 g/mol. The van der Waals surface area contributed by atoms with Crippen molar-refractivity contribution < 1.29 is 13.7 Å². The van der Waals surface area contributed by atoms with Gasteiger partial charge in [-0.1, -0.05) is 35.0 Å². The number of hydrogen-bond acceptors (Lipinski definition) is 5. The van der Waals surface area contributed by atoms with Gasteiger partial charge in [0, 0.05) is 10.7 Å². The van der Waals surface area contributed by atoms with E-state index in [2.05, 4.69) is 15.5 Å². The highest BCUT2D eigenvalue weighted by molar-refractivity contribution is 7.13. The zero-order chi connectivity index (χ0) is 22.2. The smallest absolute Gasteiger partial charge is 0.326 e. The van der Waals surface area contributed by atoms with Crippen LogP contribution in [0.2, 0.25) is 5.02 Å². The second-order valence-electron chi connectivity index (χ2n) is 7.15. The van der Waals surface area contributed by atoms with E-state index in [-0.39, 0.29) is 11.9 Å². The lowest BCUT2D eigenvalue weighted by atomic mass is 9.94. The van der Waals surface area contributed by atoms with Gasteiger partial charge in [0.1, 0.15) is 5.82 Å². The van der Waals surface area contributed by atoms with Gasteiger partial charge in [-0.2, -0.15) is 4.98 Å². The SMILES string of the molecule is CC1=C(c2nc(-c3cccs3)no2)C(c2cccc(F)c2)NC(=O)N1c1ccc(Cl)cc1. The molecule has 0 radical (unpaired) electrons. The summed E-state index contributed by atoms with van der Waals surface area (Å²) >= 11 is 7.51. The first kappa shape index (κ1) is 20.4. The lowest BCUT2D eigenvalue weighted by Crippen LogP contribution is -2.46. The van der Waals surface area contributed by atoms with Crippen LogP contribution in [0.15, 0.2) is 76.3 Å². The van der Waals surface area contributed by atoms with Crippen LogP contribution in [0.4, 0.5) is 14.9 Å². The summed E-state index contributed by atoms with van der Waals surface area (Å²) in [5, 5.41) is 9.54. The predicted molar refractivity (Wildman–Crippen MR) is 122 cm³/mol. The van der Waals surface area contributed by atoms with Crippen molar-refractivity contribution in [1.29, 1.82) is 0 Å². The minimum absolute atomic E-state index is 0.249. The summed E-state index contributed by atoms with van der Waals surface area (Å²) in [6.07, 6.45) is 0. The van der Waals surface area contributed by atoms with Crippen molar-refractivity contribution in [1.82, 2.24) is 15.5 Å². The number of anilines is 1. The number of hydrogen-bond donors (Lipinski definition) is 1. The van der Waals surface area contributed by atoms with Gasteiger partial charge in [0.15, 0.2) is 0 Å². The maximum atomic E-state index is 14.0. The molecule has 9 heteroatoms. The number of thiophene rings is 1. The number of aromatic nitrogens is 2. The quantitative estimate of drug-likeness (QED) is 0.383. The number of benzene rings is 2. The molecule has 0 spiro atoms. The van der Waals surface area contributed by atoms with E-state index >= 15 is 0 Å². The fourth-order valence-electron chi connectivity index (χ4n) is 3.70. The molecule has 160 valence electrons. The molecular formula is C23H16ClFN4O2S. The Labute approximate surface area is 191 Å². The van der Waals surface area contributed by atoms with Gasteiger partial charge in [0.2, 0.25) is 5.82 Å². The largest absolute Gasteiger partial charge is 0.334 e. The molecule has 1 atom stereocenters. The van der Waals surface area contributed by atoms with Crippen LogP contribution in [-0.2, 0) is 0 Å². The Morgan fingerprint density at radius 3 is 2.69 bits per heavy atom. The van der Waals surface area contributed by atoms with E-state index in [9.17, 15) is 9.18 Å².